The first-order valence-electron chi connectivity index (χ1n) is 29.4. The molecule has 2 aliphatic carbocycles. The smallest absolute Gasteiger partial charge is 0.252 e. The van der Waals surface area contributed by atoms with Gasteiger partial charge in [0.05, 0.1) is 5.69 Å². The molecule has 76 heavy (non-hydrogen) atoms. The van der Waals surface area contributed by atoms with E-state index in [4.69, 9.17) is 4.42 Å². The second kappa shape index (κ2) is 16.5. The standard InChI is InChI=1S/C71H74BN3O/c1-43-37-61-65-62(38-43)75(58-32-29-49-48-23-17-20-26-63(48)76-66(49)64(58)67(4,5)6)59-40-47(73(56-24-18-15-21-44(56)2)57-25-19-16-22-45(57)3)28-31-54(59)72(65)55-41-52-53(71(13,14)36-35-70(52,11)12)42-60(55)74(61)46-27-30-50-51(39-46)69(9,10)34-33-68(50,7)8/h15-32,37-42H,33-36H2,1-14H3/i1D3. The molecule has 0 radical (unpaired) electrons. The Morgan fingerprint density at radius 2 is 1.08 bits per heavy atom. The van der Waals surface area contributed by atoms with Crippen molar-refractivity contribution in [1.82, 2.24) is 0 Å². The van der Waals surface area contributed by atoms with Crippen molar-refractivity contribution in [3.8, 4) is 0 Å². The van der Waals surface area contributed by atoms with Gasteiger partial charge in [0.15, 0.2) is 0 Å². The molecule has 0 unspecified atom stereocenters. The minimum absolute atomic E-state index is 0.0199. The van der Waals surface area contributed by atoms with E-state index in [0.29, 0.717) is 5.56 Å². The zero-order valence-corrected chi connectivity index (χ0v) is 47.0. The third kappa shape index (κ3) is 7.23. The van der Waals surface area contributed by atoms with Gasteiger partial charge in [-0.15, -0.1) is 0 Å². The molecule has 13 rings (SSSR count). The Morgan fingerprint density at radius 1 is 0.513 bits per heavy atom. The van der Waals surface area contributed by atoms with Crippen LogP contribution >= 0.6 is 0 Å². The summed E-state index contributed by atoms with van der Waals surface area (Å²) in [5.41, 5.74) is 22.9. The molecule has 0 saturated carbocycles. The third-order valence-corrected chi connectivity index (χ3v) is 18.6. The van der Waals surface area contributed by atoms with Crippen LogP contribution < -0.4 is 31.1 Å². The van der Waals surface area contributed by atoms with Crippen LogP contribution in [0.15, 0.2) is 150 Å². The summed E-state index contributed by atoms with van der Waals surface area (Å²) in [5.74, 6) is 0. The minimum atomic E-state index is -2.44. The SMILES string of the molecule is [2H]C([2H])([2H])c1cc2c3c(c1)N(c1ccc4c(oc5ccccc54)c1C(C)(C)C)c1cc(N(c4ccccc4C)c4ccccc4C)ccc1B3c1cc3c(cc1N2c1ccc2c(c1)C(C)(C)CCC2(C)C)C(C)(C)CCC3(C)C. The van der Waals surface area contributed by atoms with Crippen molar-refractivity contribution >= 4 is 96.2 Å². The van der Waals surface area contributed by atoms with Crippen LogP contribution in [0.25, 0.3) is 21.9 Å². The molecule has 382 valence electrons. The van der Waals surface area contributed by atoms with Gasteiger partial charge in [0.25, 0.3) is 6.71 Å². The van der Waals surface area contributed by atoms with Crippen molar-refractivity contribution in [2.24, 2.45) is 0 Å². The Bertz CT molecular complexity index is 3970. The van der Waals surface area contributed by atoms with Gasteiger partial charge in [0, 0.05) is 65.9 Å². The summed E-state index contributed by atoms with van der Waals surface area (Å²) < 4.78 is 35.3. The van der Waals surface area contributed by atoms with Gasteiger partial charge in [-0.3, -0.25) is 0 Å². The molecule has 0 fully saturated rings. The molecule has 8 aromatic carbocycles. The lowest BCUT2D eigenvalue weighted by molar-refractivity contribution is 0.332. The number of benzene rings is 8. The van der Waals surface area contributed by atoms with E-state index in [1.54, 1.807) is 0 Å². The van der Waals surface area contributed by atoms with E-state index in [2.05, 4.69) is 232 Å². The van der Waals surface area contributed by atoms with Crippen molar-refractivity contribution in [1.29, 1.82) is 0 Å². The van der Waals surface area contributed by atoms with E-state index in [1.807, 2.05) is 18.2 Å². The lowest BCUT2D eigenvalue weighted by Gasteiger charge is -2.48. The van der Waals surface area contributed by atoms with Crippen molar-refractivity contribution in [3.05, 3.63) is 190 Å². The summed E-state index contributed by atoms with van der Waals surface area (Å²) in [6, 6.07) is 53.6. The third-order valence-electron chi connectivity index (χ3n) is 18.6. The lowest BCUT2D eigenvalue weighted by atomic mass is 9.33. The van der Waals surface area contributed by atoms with Crippen LogP contribution in [-0.4, -0.2) is 6.71 Å². The van der Waals surface area contributed by atoms with Gasteiger partial charge in [-0.2, -0.15) is 0 Å². The van der Waals surface area contributed by atoms with Crippen LogP contribution in [0.2, 0.25) is 0 Å². The van der Waals surface area contributed by atoms with Crippen LogP contribution in [0.5, 0.6) is 0 Å². The van der Waals surface area contributed by atoms with Crippen LogP contribution in [0.3, 0.4) is 0 Å². The molecule has 0 saturated heterocycles. The van der Waals surface area contributed by atoms with Gasteiger partial charge in [-0.1, -0.05) is 149 Å². The first kappa shape index (κ1) is 45.2. The number of fused-ring (bicyclic) bond motifs is 9. The topological polar surface area (TPSA) is 22.9 Å². The summed E-state index contributed by atoms with van der Waals surface area (Å²) in [6.45, 7) is 27.8. The highest BCUT2D eigenvalue weighted by Gasteiger charge is 2.48. The first-order valence-corrected chi connectivity index (χ1v) is 27.9. The number of anilines is 9. The van der Waals surface area contributed by atoms with Gasteiger partial charge in [0.1, 0.15) is 11.2 Å². The van der Waals surface area contributed by atoms with Gasteiger partial charge in [-0.05, 0) is 202 Å². The molecular weight excluding hydrogens is 922 g/mol. The number of furan rings is 1. The fourth-order valence-electron chi connectivity index (χ4n) is 14.2. The quantitative estimate of drug-likeness (QED) is 0.160. The summed E-state index contributed by atoms with van der Waals surface area (Å²) in [7, 11) is 0. The Morgan fingerprint density at radius 3 is 1.71 bits per heavy atom. The summed E-state index contributed by atoms with van der Waals surface area (Å²) >= 11 is 0. The largest absolute Gasteiger partial charge is 0.456 e. The molecule has 2 aliphatic heterocycles. The van der Waals surface area contributed by atoms with E-state index in [0.717, 1.165) is 121 Å². The van der Waals surface area contributed by atoms with Crippen LogP contribution in [0, 0.1) is 20.7 Å². The fourth-order valence-corrected chi connectivity index (χ4v) is 14.2. The lowest BCUT2D eigenvalue weighted by Crippen LogP contribution is -2.62. The Hall–Kier alpha value is -6.98. The van der Waals surface area contributed by atoms with E-state index < -0.39 is 12.3 Å². The fraction of sp³-hybridized carbons (Fsp3) is 0.324. The predicted octanol–water partition coefficient (Wildman–Crippen LogP) is 18.1. The molecule has 0 atom stereocenters. The number of para-hydroxylation sites is 3. The second-order valence-corrected chi connectivity index (χ2v) is 26.6. The van der Waals surface area contributed by atoms with E-state index >= 15 is 0 Å². The predicted molar refractivity (Wildman–Crippen MR) is 326 cm³/mol. The molecule has 5 heteroatoms. The molecule has 1 aromatic heterocycles. The van der Waals surface area contributed by atoms with E-state index in [1.165, 1.54) is 33.2 Å². The van der Waals surface area contributed by atoms with E-state index in [-0.39, 0.29) is 28.4 Å². The molecule has 0 N–H and O–H groups in total. The zero-order valence-electron chi connectivity index (χ0n) is 50.0. The van der Waals surface area contributed by atoms with Crippen LogP contribution in [0.4, 0.5) is 51.2 Å². The normalized spacial score (nSPS) is 18.2. The van der Waals surface area contributed by atoms with Crippen molar-refractivity contribution in [3.63, 3.8) is 0 Å². The van der Waals surface area contributed by atoms with Crippen LogP contribution in [0.1, 0.15) is 150 Å². The van der Waals surface area contributed by atoms with Crippen molar-refractivity contribution in [2.45, 2.75) is 150 Å². The maximum atomic E-state index is 9.41. The molecular formula is C71H74BN3O. The van der Waals surface area contributed by atoms with Gasteiger partial charge < -0.3 is 19.1 Å². The average Bonchev–Trinajstić information content (AvgIpc) is 2.58. The molecule has 0 bridgehead atoms. The summed E-state index contributed by atoms with van der Waals surface area (Å²) in [5, 5.41) is 2.13. The molecule has 9 aromatic rings. The monoisotopic (exact) mass is 999 g/mol. The molecule has 4 nitrogen and oxygen atoms in total. The van der Waals surface area contributed by atoms with Crippen molar-refractivity contribution in [2.75, 3.05) is 14.7 Å². The Labute approximate surface area is 457 Å². The summed E-state index contributed by atoms with van der Waals surface area (Å²) in [4.78, 5) is 7.31. The molecule has 4 aliphatic rings. The molecule has 0 amide bonds. The molecule has 3 heterocycles. The van der Waals surface area contributed by atoms with Gasteiger partial charge in [0.2, 0.25) is 0 Å². The average molecular weight is 999 g/mol. The number of hydrogen-bond donors (Lipinski definition) is 0. The highest BCUT2D eigenvalue weighted by Crippen LogP contribution is 2.55. The Balaban J connectivity index is 1.19. The van der Waals surface area contributed by atoms with Gasteiger partial charge >= 0.3 is 0 Å². The van der Waals surface area contributed by atoms with E-state index in [9.17, 15) is 4.11 Å². The first-order chi connectivity index (χ1) is 37.2. The second-order valence-electron chi connectivity index (χ2n) is 26.6. The van der Waals surface area contributed by atoms with Gasteiger partial charge in [-0.25, -0.2) is 0 Å². The Kier molecular flexibility index (Phi) is 9.83. The van der Waals surface area contributed by atoms with Crippen molar-refractivity contribution < 1.29 is 8.53 Å². The number of aryl methyl sites for hydroxylation is 3. The number of hydrogen-bond acceptors (Lipinski definition) is 4. The molecule has 0 spiro atoms. The minimum Gasteiger partial charge on any atom is -0.456 e. The maximum absolute atomic E-state index is 9.41. The maximum Gasteiger partial charge on any atom is 0.252 e. The number of rotatable bonds is 5. The zero-order chi connectivity index (χ0) is 55.7. The van der Waals surface area contributed by atoms with Crippen LogP contribution in [-0.2, 0) is 27.1 Å². The summed E-state index contributed by atoms with van der Waals surface area (Å²) in [6.07, 6.45) is 4.36. The highest BCUT2D eigenvalue weighted by molar-refractivity contribution is 7.00. The number of nitrogens with zero attached hydrogens (tertiary/aromatic N) is 3. The highest BCUT2D eigenvalue weighted by atomic mass is 16.3.